The summed E-state index contributed by atoms with van der Waals surface area (Å²) >= 11 is 0. The van der Waals surface area contributed by atoms with Crippen molar-refractivity contribution in [3.8, 4) is 0 Å². The molecular weight excluding hydrogens is 172 g/mol. The molecule has 0 aliphatic rings. The van der Waals surface area contributed by atoms with Crippen LogP contribution < -0.4 is 11.5 Å². The molecule has 0 fully saturated rings. The van der Waals surface area contributed by atoms with E-state index in [1.54, 1.807) is 24.3 Å². The molecule has 14 heavy (non-hydrogen) atoms. The minimum Gasteiger partial charge on any atom is -0.326 e. The fraction of sp³-hybridized carbons (Fsp3) is 0.333. The van der Waals surface area contributed by atoms with Crippen molar-refractivity contribution in [3.05, 3.63) is 50.6 Å². The molecule has 0 spiro atoms. The molecule has 0 aromatic heterocycles. The summed E-state index contributed by atoms with van der Waals surface area (Å²) in [6, 6.07) is -0.269. The van der Waals surface area contributed by atoms with Crippen LogP contribution in [-0.4, -0.2) is 11.6 Å². The van der Waals surface area contributed by atoms with Crippen molar-refractivity contribution >= 4 is 0 Å². The summed E-state index contributed by atoms with van der Waals surface area (Å²) in [5, 5.41) is 0. The molecule has 2 atom stereocenters. The standard InChI is InChI=1S/C12H20N2/c1-6-11(7-2,8-3)12(14,9-4)10(5)13/h6-10H,1-4,13-14H2,5H3. The second kappa shape index (κ2) is 4.40. The molecular formula is C12H20N2. The molecule has 0 amide bonds. The first-order valence-electron chi connectivity index (χ1n) is 4.53. The normalized spacial score (nSPS) is 17.6. The monoisotopic (exact) mass is 192 g/mol. The number of hydrogen-bond donors (Lipinski definition) is 2. The van der Waals surface area contributed by atoms with Gasteiger partial charge in [0.1, 0.15) is 0 Å². The predicted molar refractivity (Wildman–Crippen MR) is 63.8 cm³/mol. The van der Waals surface area contributed by atoms with Gasteiger partial charge in [0, 0.05) is 11.5 Å². The topological polar surface area (TPSA) is 52.0 Å². The number of nitrogens with two attached hydrogens (primary N) is 2. The van der Waals surface area contributed by atoms with Gasteiger partial charge in [0.2, 0.25) is 0 Å². The van der Waals surface area contributed by atoms with Gasteiger partial charge in [0.25, 0.3) is 0 Å². The fourth-order valence-corrected chi connectivity index (χ4v) is 1.54. The molecule has 0 aromatic carbocycles. The number of hydrogen-bond acceptors (Lipinski definition) is 2. The highest BCUT2D eigenvalue weighted by Crippen LogP contribution is 2.36. The van der Waals surface area contributed by atoms with Crippen LogP contribution in [0.15, 0.2) is 50.6 Å². The zero-order valence-electron chi connectivity index (χ0n) is 8.87. The van der Waals surface area contributed by atoms with Crippen molar-refractivity contribution in [3.63, 3.8) is 0 Å². The Labute approximate surface area is 86.7 Å². The Bertz CT molecular complexity index is 231. The third kappa shape index (κ3) is 1.59. The van der Waals surface area contributed by atoms with Gasteiger partial charge >= 0.3 is 0 Å². The third-order valence-electron chi connectivity index (χ3n) is 2.85. The fourth-order valence-electron chi connectivity index (χ4n) is 1.54. The average molecular weight is 192 g/mol. The average Bonchev–Trinajstić information content (AvgIpc) is 2.20. The molecule has 0 heterocycles. The maximum absolute atomic E-state index is 6.19. The van der Waals surface area contributed by atoms with E-state index < -0.39 is 11.0 Å². The van der Waals surface area contributed by atoms with Crippen molar-refractivity contribution in [2.75, 3.05) is 0 Å². The van der Waals surface area contributed by atoms with Gasteiger partial charge in [0.05, 0.1) is 5.54 Å². The molecule has 0 bridgehead atoms. The van der Waals surface area contributed by atoms with Crippen LogP contribution in [0.1, 0.15) is 6.92 Å². The van der Waals surface area contributed by atoms with Crippen molar-refractivity contribution in [2.45, 2.75) is 18.5 Å². The lowest BCUT2D eigenvalue weighted by Gasteiger charge is -2.43. The maximum atomic E-state index is 6.19. The Hall–Kier alpha value is -1.12. The first-order chi connectivity index (χ1) is 6.44. The van der Waals surface area contributed by atoms with Gasteiger partial charge in [-0.05, 0) is 6.92 Å². The van der Waals surface area contributed by atoms with Crippen LogP contribution in [-0.2, 0) is 0 Å². The Morgan fingerprint density at radius 3 is 1.43 bits per heavy atom. The summed E-state index contributed by atoms with van der Waals surface area (Å²) < 4.78 is 0. The minimum absolute atomic E-state index is 0.269. The van der Waals surface area contributed by atoms with Crippen LogP contribution in [0.2, 0.25) is 0 Å². The van der Waals surface area contributed by atoms with Crippen LogP contribution in [0.25, 0.3) is 0 Å². The zero-order valence-corrected chi connectivity index (χ0v) is 8.87. The van der Waals surface area contributed by atoms with Crippen molar-refractivity contribution in [1.29, 1.82) is 0 Å². The van der Waals surface area contributed by atoms with E-state index in [1.165, 1.54) is 0 Å². The third-order valence-corrected chi connectivity index (χ3v) is 2.85. The molecule has 2 unspecified atom stereocenters. The zero-order chi connectivity index (χ0) is 11.4. The van der Waals surface area contributed by atoms with Crippen molar-refractivity contribution < 1.29 is 0 Å². The summed E-state index contributed by atoms with van der Waals surface area (Å²) in [4.78, 5) is 0. The molecule has 78 valence electrons. The summed E-state index contributed by atoms with van der Waals surface area (Å²) in [7, 11) is 0. The molecule has 4 N–H and O–H groups in total. The van der Waals surface area contributed by atoms with E-state index in [1.807, 2.05) is 6.92 Å². The van der Waals surface area contributed by atoms with Gasteiger partial charge in [-0.2, -0.15) is 0 Å². The highest BCUT2D eigenvalue weighted by Gasteiger charge is 2.43. The molecule has 2 heteroatoms. The Morgan fingerprint density at radius 1 is 1.00 bits per heavy atom. The number of rotatable bonds is 6. The van der Waals surface area contributed by atoms with E-state index >= 15 is 0 Å². The second-order valence-corrected chi connectivity index (χ2v) is 3.47. The first kappa shape index (κ1) is 12.9. The van der Waals surface area contributed by atoms with Crippen LogP contribution >= 0.6 is 0 Å². The molecule has 0 aliphatic heterocycles. The van der Waals surface area contributed by atoms with Crippen molar-refractivity contribution in [2.24, 2.45) is 16.9 Å². The largest absolute Gasteiger partial charge is 0.326 e. The lowest BCUT2D eigenvalue weighted by molar-refractivity contribution is 0.316. The summed E-state index contributed by atoms with van der Waals surface area (Å²) in [6.07, 6.45) is 6.71. The second-order valence-electron chi connectivity index (χ2n) is 3.47. The molecule has 2 nitrogen and oxygen atoms in total. The smallest absolute Gasteiger partial charge is 0.0650 e. The molecule has 0 rings (SSSR count). The highest BCUT2D eigenvalue weighted by molar-refractivity contribution is 5.33. The molecule has 0 saturated carbocycles. The predicted octanol–water partition coefficient (Wildman–Crippen LogP) is 1.76. The molecule has 0 aliphatic carbocycles. The molecule has 0 radical (unpaired) electrons. The van der Waals surface area contributed by atoms with E-state index in [9.17, 15) is 0 Å². The lowest BCUT2D eigenvalue weighted by Crippen LogP contribution is -2.61. The van der Waals surface area contributed by atoms with Crippen LogP contribution in [0.4, 0.5) is 0 Å². The highest BCUT2D eigenvalue weighted by atomic mass is 14.9. The van der Waals surface area contributed by atoms with E-state index in [2.05, 4.69) is 26.3 Å². The van der Waals surface area contributed by atoms with Crippen LogP contribution in [0, 0.1) is 5.41 Å². The van der Waals surface area contributed by atoms with E-state index in [0.29, 0.717) is 0 Å². The van der Waals surface area contributed by atoms with Crippen LogP contribution in [0.3, 0.4) is 0 Å². The van der Waals surface area contributed by atoms with E-state index in [0.717, 1.165) is 0 Å². The van der Waals surface area contributed by atoms with Gasteiger partial charge in [0.15, 0.2) is 0 Å². The minimum atomic E-state index is -0.807. The first-order valence-corrected chi connectivity index (χ1v) is 4.53. The Morgan fingerprint density at radius 2 is 1.36 bits per heavy atom. The molecule has 0 aromatic rings. The van der Waals surface area contributed by atoms with Gasteiger partial charge in [-0.1, -0.05) is 24.3 Å². The quantitative estimate of drug-likeness (QED) is 0.630. The summed E-state index contributed by atoms with van der Waals surface area (Å²) in [5.74, 6) is 0. The lowest BCUT2D eigenvalue weighted by atomic mass is 9.66. The van der Waals surface area contributed by atoms with Crippen LogP contribution in [0.5, 0.6) is 0 Å². The van der Waals surface area contributed by atoms with Gasteiger partial charge in [-0.3, -0.25) is 0 Å². The van der Waals surface area contributed by atoms with Gasteiger partial charge in [-0.25, -0.2) is 0 Å². The van der Waals surface area contributed by atoms with E-state index in [-0.39, 0.29) is 6.04 Å². The van der Waals surface area contributed by atoms with E-state index in [4.69, 9.17) is 11.5 Å². The van der Waals surface area contributed by atoms with Gasteiger partial charge in [-0.15, -0.1) is 26.3 Å². The summed E-state index contributed by atoms with van der Waals surface area (Å²) in [5.41, 5.74) is 10.6. The Balaban J connectivity index is 5.56. The van der Waals surface area contributed by atoms with Crippen molar-refractivity contribution in [1.82, 2.24) is 0 Å². The molecule has 0 saturated heterocycles. The summed E-state index contributed by atoms with van der Waals surface area (Å²) in [6.45, 7) is 16.8. The Kier molecular flexibility index (Phi) is 4.05. The van der Waals surface area contributed by atoms with Gasteiger partial charge < -0.3 is 11.5 Å². The SMILES string of the molecule is C=CC(C=C)(C=C)C(N)(C=C)C(C)N. The maximum Gasteiger partial charge on any atom is 0.0650 e.